The molecule has 1 saturated heterocycles. The number of aromatic nitrogens is 2. The molecule has 148 valence electrons. The average molecular weight is 392 g/mol. The number of nitrogens with one attached hydrogen (secondary N) is 1. The van der Waals surface area contributed by atoms with Crippen molar-refractivity contribution in [3.63, 3.8) is 0 Å². The highest BCUT2D eigenvalue weighted by molar-refractivity contribution is 6.00. The summed E-state index contributed by atoms with van der Waals surface area (Å²) in [4.78, 5) is 30.7. The molecule has 1 unspecified atom stereocenters. The Kier molecular flexibility index (Phi) is 5.24. The zero-order valence-corrected chi connectivity index (χ0v) is 15.9. The average Bonchev–Trinajstić information content (AvgIpc) is 3.39. The molecule has 1 N–H and O–H groups in total. The van der Waals surface area contributed by atoms with Crippen LogP contribution in [0.25, 0.3) is 11.4 Å². The van der Waals surface area contributed by atoms with Gasteiger partial charge in [-0.1, -0.05) is 23.4 Å². The minimum atomic E-state index is -0.410. The number of ether oxygens (including phenoxy) is 1. The number of anilines is 1. The lowest BCUT2D eigenvalue weighted by Crippen LogP contribution is -2.32. The van der Waals surface area contributed by atoms with E-state index in [1.165, 1.54) is 0 Å². The topological polar surface area (TPSA) is 97.6 Å². The van der Waals surface area contributed by atoms with Crippen molar-refractivity contribution in [2.24, 2.45) is 5.92 Å². The normalized spacial score (nSPS) is 16.1. The van der Waals surface area contributed by atoms with Crippen LogP contribution >= 0.6 is 0 Å². The molecule has 1 aliphatic rings. The summed E-state index contributed by atoms with van der Waals surface area (Å²) >= 11 is 0. The third-order valence-corrected chi connectivity index (χ3v) is 4.79. The molecule has 29 heavy (non-hydrogen) atoms. The van der Waals surface area contributed by atoms with Gasteiger partial charge in [-0.05, 0) is 36.4 Å². The van der Waals surface area contributed by atoms with Crippen molar-refractivity contribution in [3.8, 4) is 17.1 Å². The van der Waals surface area contributed by atoms with Crippen LogP contribution in [-0.2, 0) is 16.1 Å². The van der Waals surface area contributed by atoms with Crippen molar-refractivity contribution >= 4 is 17.5 Å². The fourth-order valence-electron chi connectivity index (χ4n) is 3.23. The number of para-hydroxylation sites is 1. The van der Waals surface area contributed by atoms with Gasteiger partial charge < -0.3 is 19.5 Å². The maximum Gasteiger partial charge on any atom is 0.246 e. The van der Waals surface area contributed by atoms with E-state index < -0.39 is 5.92 Å². The van der Waals surface area contributed by atoms with Crippen LogP contribution < -0.4 is 15.0 Å². The molecule has 8 heteroatoms. The maximum absolute atomic E-state index is 12.5. The SMILES string of the molecule is COc1ccc(-c2noc(CNC(=O)C3CC(=O)N(c4ccccc4)C3)n2)cc1. The van der Waals surface area contributed by atoms with Gasteiger partial charge in [0.15, 0.2) is 0 Å². The number of carbonyl (C=O) groups is 2. The molecule has 0 bridgehead atoms. The minimum absolute atomic E-state index is 0.0593. The van der Waals surface area contributed by atoms with Crippen molar-refractivity contribution in [1.82, 2.24) is 15.5 Å². The second kappa shape index (κ2) is 8.14. The molecule has 2 amide bonds. The Morgan fingerprint density at radius 3 is 2.69 bits per heavy atom. The smallest absolute Gasteiger partial charge is 0.246 e. The summed E-state index contributed by atoms with van der Waals surface area (Å²) in [5.41, 5.74) is 1.58. The monoisotopic (exact) mass is 392 g/mol. The van der Waals surface area contributed by atoms with E-state index in [2.05, 4.69) is 15.5 Å². The molecule has 0 spiro atoms. The lowest BCUT2D eigenvalue weighted by Gasteiger charge is -2.16. The second-order valence-corrected chi connectivity index (χ2v) is 6.70. The number of carbonyl (C=O) groups excluding carboxylic acids is 2. The van der Waals surface area contributed by atoms with Crippen LogP contribution in [0.15, 0.2) is 59.1 Å². The van der Waals surface area contributed by atoms with E-state index in [1.54, 1.807) is 12.0 Å². The predicted molar refractivity (Wildman–Crippen MR) is 105 cm³/mol. The first-order valence-corrected chi connectivity index (χ1v) is 9.24. The lowest BCUT2D eigenvalue weighted by molar-refractivity contribution is -0.126. The van der Waals surface area contributed by atoms with Gasteiger partial charge in [0.2, 0.25) is 23.5 Å². The second-order valence-electron chi connectivity index (χ2n) is 6.70. The minimum Gasteiger partial charge on any atom is -0.497 e. The third kappa shape index (κ3) is 4.11. The highest BCUT2D eigenvalue weighted by Gasteiger charge is 2.35. The van der Waals surface area contributed by atoms with E-state index in [9.17, 15) is 9.59 Å². The van der Waals surface area contributed by atoms with E-state index >= 15 is 0 Å². The summed E-state index contributed by atoms with van der Waals surface area (Å²) in [6.07, 6.45) is 0.182. The van der Waals surface area contributed by atoms with Crippen molar-refractivity contribution in [2.75, 3.05) is 18.6 Å². The van der Waals surface area contributed by atoms with Crippen LogP contribution in [0.3, 0.4) is 0 Å². The van der Waals surface area contributed by atoms with Gasteiger partial charge in [-0.25, -0.2) is 0 Å². The Bertz CT molecular complexity index is 1000. The molecule has 1 atom stereocenters. The molecule has 0 aliphatic carbocycles. The third-order valence-electron chi connectivity index (χ3n) is 4.79. The molecular weight excluding hydrogens is 372 g/mol. The van der Waals surface area contributed by atoms with Crippen molar-refractivity contribution < 1.29 is 18.8 Å². The summed E-state index contributed by atoms with van der Waals surface area (Å²) < 4.78 is 10.3. The lowest BCUT2D eigenvalue weighted by atomic mass is 10.1. The molecule has 1 fully saturated rings. The summed E-state index contributed by atoms with van der Waals surface area (Å²) in [5.74, 6) is 0.792. The fraction of sp³-hybridized carbons (Fsp3) is 0.238. The molecule has 0 saturated carbocycles. The van der Waals surface area contributed by atoms with Gasteiger partial charge in [0.25, 0.3) is 0 Å². The van der Waals surface area contributed by atoms with Gasteiger partial charge >= 0.3 is 0 Å². The molecule has 1 aliphatic heterocycles. The number of hydrogen-bond acceptors (Lipinski definition) is 6. The van der Waals surface area contributed by atoms with Crippen LogP contribution in [0.4, 0.5) is 5.69 Å². The highest BCUT2D eigenvalue weighted by Crippen LogP contribution is 2.25. The summed E-state index contributed by atoms with van der Waals surface area (Å²) in [7, 11) is 1.60. The molecule has 3 aromatic rings. The quantitative estimate of drug-likeness (QED) is 0.692. The van der Waals surface area contributed by atoms with Gasteiger partial charge in [0, 0.05) is 24.2 Å². The van der Waals surface area contributed by atoms with E-state index in [1.807, 2.05) is 54.6 Å². The number of benzene rings is 2. The Labute approximate surface area is 167 Å². The van der Waals surface area contributed by atoms with Crippen molar-refractivity contribution in [3.05, 3.63) is 60.5 Å². The van der Waals surface area contributed by atoms with Crippen molar-refractivity contribution in [1.29, 1.82) is 0 Å². The summed E-state index contributed by atoms with van der Waals surface area (Å²) in [6, 6.07) is 16.6. The van der Waals surface area contributed by atoms with Crippen LogP contribution in [0.2, 0.25) is 0 Å². The Balaban J connectivity index is 1.34. The van der Waals surface area contributed by atoms with E-state index in [0.29, 0.717) is 18.3 Å². The van der Waals surface area contributed by atoms with Gasteiger partial charge in [-0.3, -0.25) is 9.59 Å². The maximum atomic E-state index is 12.5. The Morgan fingerprint density at radius 2 is 1.97 bits per heavy atom. The van der Waals surface area contributed by atoms with Gasteiger partial charge in [0.05, 0.1) is 19.6 Å². The molecule has 1 aromatic heterocycles. The first-order chi connectivity index (χ1) is 14.1. The number of methoxy groups -OCH3 is 1. The Morgan fingerprint density at radius 1 is 1.21 bits per heavy atom. The highest BCUT2D eigenvalue weighted by atomic mass is 16.5. The van der Waals surface area contributed by atoms with Gasteiger partial charge in [0.1, 0.15) is 5.75 Å². The molecule has 4 rings (SSSR count). The van der Waals surface area contributed by atoms with E-state index in [0.717, 1.165) is 17.0 Å². The number of amides is 2. The van der Waals surface area contributed by atoms with Gasteiger partial charge in [-0.2, -0.15) is 4.98 Å². The summed E-state index contributed by atoms with van der Waals surface area (Å²) in [5, 5.41) is 6.72. The number of hydrogen-bond donors (Lipinski definition) is 1. The molecule has 8 nitrogen and oxygen atoms in total. The summed E-state index contributed by atoms with van der Waals surface area (Å²) in [6.45, 7) is 0.466. The van der Waals surface area contributed by atoms with Gasteiger partial charge in [-0.15, -0.1) is 0 Å². The van der Waals surface area contributed by atoms with Crippen LogP contribution in [-0.4, -0.2) is 35.6 Å². The largest absolute Gasteiger partial charge is 0.497 e. The standard InChI is InChI=1S/C21H20N4O4/c1-28-17-9-7-14(8-10-17)20-23-18(29-24-20)12-22-21(27)15-11-19(26)25(13-15)16-5-3-2-4-6-16/h2-10,15H,11-13H2,1H3,(H,22,27). The Hall–Kier alpha value is -3.68. The molecule has 2 heterocycles. The van der Waals surface area contributed by atoms with Crippen molar-refractivity contribution in [2.45, 2.75) is 13.0 Å². The molecule has 2 aromatic carbocycles. The number of rotatable bonds is 6. The zero-order chi connectivity index (χ0) is 20.2. The van der Waals surface area contributed by atoms with Crippen LogP contribution in [0.5, 0.6) is 5.75 Å². The number of nitrogens with zero attached hydrogens (tertiary/aromatic N) is 3. The zero-order valence-electron chi connectivity index (χ0n) is 15.9. The molecular formula is C21H20N4O4. The first kappa shape index (κ1) is 18.7. The first-order valence-electron chi connectivity index (χ1n) is 9.24. The van der Waals surface area contributed by atoms with E-state index in [4.69, 9.17) is 9.26 Å². The molecule has 0 radical (unpaired) electrons. The van der Waals surface area contributed by atoms with Crippen LogP contribution in [0.1, 0.15) is 12.3 Å². The predicted octanol–water partition coefficient (Wildman–Crippen LogP) is 2.41. The van der Waals surface area contributed by atoms with Crippen LogP contribution in [0, 0.1) is 5.92 Å². The fourth-order valence-corrected chi connectivity index (χ4v) is 3.23. The van der Waals surface area contributed by atoms with E-state index in [-0.39, 0.29) is 24.8 Å².